The lowest BCUT2D eigenvalue weighted by Gasteiger charge is -2.14. The van der Waals surface area contributed by atoms with E-state index in [4.69, 9.17) is 40.2 Å². The molecular weight excluding hydrogens is 351 g/mol. The van der Waals surface area contributed by atoms with Gasteiger partial charge < -0.3 is 15.4 Å². The molecular formula is C17H18Cl2N2OS. The number of hydrogen-bond donors (Lipinski definition) is 2. The number of methoxy groups -OCH3 is 1. The number of aryl methyl sites for hydroxylation is 1. The fourth-order valence-corrected chi connectivity index (χ4v) is 2.63. The van der Waals surface area contributed by atoms with Gasteiger partial charge in [-0.3, -0.25) is 0 Å². The summed E-state index contributed by atoms with van der Waals surface area (Å²) in [6.07, 6.45) is 0.795. The number of nitrogens with one attached hydrogen (secondary N) is 2. The van der Waals surface area contributed by atoms with Crippen molar-refractivity contribution >= 4 is 46.2 Å². The fourth-order valence-electron chi connectivity index (χ4n) is 2.10. The molecule has 0 spiro atoms. The normalized spacial score (nSPS) is 10.3. The van der Waals surface area contributed by atoms with Gasteiger partial charge in [-0.25, -0.2) is 0 Å². The average molecular weight is 369 g/mol. The smallest absolute Gasteiger partial charge is 0.170 e. The molecule has 0 saturated carbocycles. The van der Waals surface area contributed by atoms with Crippen LogP contribution >= 0.6 is 35.4 Å². The average Bonchev–Trinajstić information content (AvgIpc) is 2.51. The van der Waals surface area contributed by atoms with Crippen LogP contribution in [0.2, 0.25) is 10.0 Å². The molecule has 0 unspecified atom stereocenters. The molecule has 0 aliphatic rings. The third-order valence-corrected chi connectivity index (χ3v) is 4.27. The molecule has 0 aliphatic carbocycles. The fraction of sp³-hybridized carbons (Fsp3) is 0.235. The van der Waals surface area contributed by atoms with Crippen LogP contribution < -0.4 is 15.4 Å². The van der Waals surface area contributed by atoms with Crippen molar-refractivity contribution in [1.82, 2.24) is 5.32 Å². The Morgan fingerprint density at radius 3 is 2.61 bits per heavy atom. The van der Waals surface area contributed by atoms with Gasteiger partial charge >= 0.3 is 0 Å². The Hall–Kier alpha value is -1.49. The Kier molecular flexibility index (Phi) is 6.51. The van der Waals surface area contributed by atoms with E-state index in [2.05, 4.69) is 10.6 Å². The number of anilines is 1. The molecule has 122 valence electrons. The van der Waals surface area contributed by atoms with E-state index in [9.17, 15) is 0 Å². The number of rotatable bonds is 5. The minimum Gasteiger partial charge on any atom is -0.495 e. The van der Waals surface area contributed by atoms with Gasteiger partial charge in [0.05, 0.1) is 22.8 Å². The Bertz CT molecular complexity index is 707. The third-order valence-electron chi connectivity index (χ3n) is 3.29. The Labute approximate surface area is 151 Å². The summed E-state index contributed by atoms with van der Waals surface area (Å²) in [7, 11) is 1.64. The lowest BCUT2D eigenvalue weighted by Crippen LogP contribution is -2.30. The molecule has 2 rings (SSSR count). The number of benzene rings is 2. The molecule has 2 aromatic carbocycles. The maximum atomic E-state index is 6.01. The van der Waals surface area contributed by atoms with Gasteiger partial charge in [0.15, 0.2) is 5.11 Å². The summed E-state index contributed by atoms with van der Waals surface area (Å²) in [5.41, 5.74) is 3.08. The Morgan fingerprint density at radius 1 is 1.13 bits per heavy atom. The zero-order valence-electron chi connectivity index (χ0n) is 13.0. The van der Waals surface area contributed by atoms with Gasteiger partial charge in [0.1, 0.15) is 5.75 Å². The first kappa shape index (κ1) is 17.9. The van der Waals surface area contributed by atoms with Crippen molar-refractivity contribution in [2.45, 2.75) is 13.3 Å². The summed E-state index contributed by atoms with van der Waals surface area (Å²) in [6.45, 7) is 2.71. The molecule has 0 heterocycles. The second-order valence-electron chi connectivity index (χ2n) is 5.08. The van der Waals surface area contributed by atoms with Gasteiger partial charge in [-0.2, -0.15) is 0 Å². The minimum atomic E-state index is 0.550. The molecule has 0 fully saturated rings. The summed E-state index contributed by atoms with van der Waals surface area (Å²) in [6, 6.07) is 11.5. The first-order valence-corrected chi connectivity index (χ1v) is 8.29. The van der Waals surface area contributed by atoms with Crippen LogP contribution in [0, 0.1) is 6.92 Å². The standard InChI is InChI=1S/C17H18Cl2N2OS/c1-11-3-6-16(22-2)15(9-11)21-17(23)20-8-7-12-4-5-13(18)14(19)10-12/h3-6,9-10H,7-8H2,1-2H3,(H2,20,21,23). The van der Waals surface area contributed by atoms with Crippen LogP contribution in [0.1, 0.15) is 11.1 Å². The van der Waals surface area contributed by atoms with Gasteiger partial charge in [0, 0.05) is 6.54 Å². The van der Waals surface area contributed by atoms with Gasteiger partial charge in [-0.05, 0) is 61.0 Å². The van der Waals surface area contributed by atoms with Crippen LogP contribution in [0.3, 0.4) is 0 Å². The first-order chi connectivity index (χ1) is 11.0. The molecule has 0 radical (unpaired) electrons. The second kappa shape index (κ2) is 8.39. The maximum Gasteiger partial charge on any atom is 0.170 e. The van der Waals surface area contributed by atoms with E-state index in [1.807, 2.05) is 37.3 Å². The molecule has 3 nitrogen and oxygen atoms in total. The van der Waals surface area contributed by atoms with Gasteiger partial charge in [-0.1, -0.05) is 35.3 Å². The number of hydrogen-bond acceptors (Lipinski definition) is 2. The van der Waals surface area contributed by atoms with Gasteiger partial charge in [-0.15, -0.1) is 0 Å². The van der Waals surface area contributed by atoms with Crippen molar-refractivity contribution in [3.05, 3.63) is 57.6 Å². The number of halogens is 2. The Morgan fingerprint density at radius 2 is 1.91 bits per heavy atom. The maximum absolute atomic E-state index is 6.01. The van der Waals surface area contributed by atoms with Crippen molar-refractivity contribution in [1.29, 1.82) is 0 Å². The van der Waals surface area contributed by atoms with Crippen molar-refractivity contribution in [2.75, 3.05) is 19.0 Å². The van der Waals surface area contributed by atoms with Crippen molar-refractivity contribution in [3.63, 3.8) is 0 Å². The van der Waals surface area contributed by atoms with Gasteiger partial charge in [0.25, 0.3) is 0 Å². The van der Waals surface area contributed by atoms with Crippen molar-refractivity contribution in [3.8, 4) is 5.75 Å². The summed E-state index contributed by atoms with van der Waals surface area (Å²) in [5, 5.41) is 8.01. The van der Waals surface area contributed by atoms with Crippen molar-refractivity contribution in [2.24, 2.45) is 0 Å². The van der Waals surface area contributed by atoms with E-state index in [0.29, 0.717) is 21.7 Å². The molecule has 6 heteroatoms. The van der Waals surface area contributed by atoms with Crippen LogP contribution in [0.5, 0.6) is 5.75 Å². The third kappa shape index (κ3) is 5.27. The summed E-state index contributed by atoms with van der Waals surface area (Å²) in [4.78, 5) is 0. The van der Waals surface area contributed by atoms with E-state index in [0.717, 1.165) is 29.0 Å². The van der Waals surface area contributed by atoms with Crippen molar-refractivity contribution < 1.29 is 4.74 Å². The monoisotopic (exact) mass is 368 g/mol. The highest BCUT2D eigenvalue weighted by Crippen LogP contribution is 2.25. The molecule has 0 saturated heterocycles. The topological polar surface area (TPSA) is 33.3 Å². The van der Waals surface area contributed by atoms with Gasteiger partial charge in [0.2, 0.25) is 0 Å². The predicted molar refractivity (Wildman–Crippen MR) is 102 cm³/mol. The van der Waals surface area contributed by atoms with E-state index < -0.39 is 0 Å². The number of ether oxygens (including phenoxy) is 1. The SMILES string of the molecule is COc1ccc(C)cc1NC(=S)NCCc1ccc(Cl)c(Cl)c1. The summed E-state index contributed by atoms with van der Waals surface area (Å²) < 4.78 is 5.32. The largest absolute Gasteiger partial charge is 0.495 e. The van der Waals surface area contributed by atoms with Crippen LogP contribution in [-0.4, -0.2) is 18.8 Å². The zero-order valence-corrected chi connectivity index (χ0v) is 15.3. The zero-order chi connectivity index (χ0) is 16.8. The molecule has 0 atom stereocenters. The highest BCUT2D eigenvalue weighted by molar-refractivity contribution is 7.80. The number of thiocarbonyl (C=S) groups is 1. The summed E-state index contributed by atoms with van der Waals surface area (Å²) in [5.74, 6) is 0.754. The molecule has 2 aromatic rings. The first-order valence-electron chi connectivity index (χ1n) is 7.13. The highest BCUT2D eigenvalue weighted by atomic mass is 35.5. The van der Waals surface area contributed by atoms with E-state index in [1.54, 1.807) is 13.2 Å². The lowest BCUT2D eigenvalue weighted by atomic mass is 10.1. The quantitative estimate of drug-likeness (QED) is 0.739. The Balaban J connectivity index is 1.88. The molecule has 0 bridgehead atoms. The van der Waals surface area contributed by atoms with Crippen LogP contribution in [0.4, 0.5) is 5.69 Å². The minimum absolute atomic E-state index is 0.550. The molecule has 0 aliphatic heterocycles. The van der Waals surface area contributed by atoms with Crippen LogP contribution in [-0.2, 0) is 6.42 Å². The van der Waals surface area contributed by atoms with E-state index in [-0.39, 0.29) is 0 Å². The van der Waals surface area contributed by atoms with Crippen LogP contribution in [0.15, 0.2) is 36.4 Å². The molecule has 0 aromatic heterocycles. The lowest BCUT2D eigenvalue weighted by molar-refractivity contribution is 0.417. The molecule has 0 amide bonds. The second-order valence-corrected chi connectivity index (χ2v) is 6.31. The molecule has 2 N–H and O–H groups in total. The highest BCUT2D eigenvalue weighted by Gasteiger charge is 2.05. The van der Waals surface area contributed by atoms with E-state index in [1.165, 1.54) is 0 Å². The van der Waals surface area contributed by atoms with Crippen LogP contribution in [0.25, 0.3) is 0 Å². The summed E-state index contributed by atoms with van der Waals surface area (Å²) >= 11 is 17.2. The predicted octanol–water partition coefficient (Wildman–Crippen LogP) is 4.84. The van der Waals surface area contributed by atoms with E-state index >= 15 is 0 Å². The molecule has 23 heavy (non-hydrogen) atoms.